The number of nitrogens with zero attached hydrogens (tertiary/aromatic N) is 3. The summed E-state index contributed by atoms with van der Waals surface area (Å²) >= 11 is 0. The molecule has 0 spiro atoms. The Hall–Kier alpha value is -2.96. The van der Waals surface area contributed by atoms with Crippen LogP contribution in [-0.4, -0.2) is 39.8 Å². The molecule has 2 aliphatic rings. The van der Waals surface area contributed by atoms with Gasteiger partial charge in [-0.2, -0.15) is 0 Å². The molecule has 4 rings (SSSR count). The predicted molar refractivity (Wildman–Crippen MR) is 103 cm³/mol. The van der Waals surface area contributed by atoms with Gasteiger partial charge < -0.3 is 15.0 Å². The lowest BCUT2D eigenvalue weighted by molar-refractivity contribution is 0.0706. The molecule has 0 unspecified atom stereocenters. The van der Waals surface area contributed by atoms with Crippen LogP contribution in [0.5, 0.6) is 5.88 Å². The quantitative estimate of drug-likeness (QED) is 0.862. The predicted octanol–water partition coefficient (Wildman–Crippen LogP) is 2.62. The van der Waals surface area contributed by atoms with E-state index in [-0.39, 0.29) is 18.4 Å². The van der Waals surface area contributed by atoms with Gasteiger partial charge in [0.05, 0.1) is 30.5 Å². The summed E-state index contributed by atoms with van der Waals surface area (Å²) in [7, 11) is 1.55. The maximum absolute atomic E-state index is 12.9. The minimum absolute atomic E-state index is 0.0346. The third kappa shape index (κ3) is 3.44. The molecule has 0 aromatic carbocycles. The fourth-order valence-electron chi connectivity index (χ4n) is 3.96. The third-order valence-electron chi connectivity index (χ3n) is 5.52. The average Bonchev–Trinajstić information content (AvgIpc) is 3.34. The summed E-state index contributed by atoms with van der Waals surface area (Å²) < 4.78 is 5.42. The van der Waals surface area contributed by atoms with E-state index in [0.717, 1.165) is 24.2 Å². The van der Waals surface area contributed by atoms with Crippen molar-refractivity contribution in [3.8, 4) is 5.88 Å². The van der Waals surface area contributed by atoms with Crippen LogP contribution in [0.4, 0.5) is 0 Å². The molecule has 1 N–H and O–H groups in total. The number of carbonyl (C=O) groups is 2. The number of hydrogen-bond acceptors (Lipinski definition) is 5. The van der Waals surface area contributed by atoms with E-state index in [9.17, 15) is 9.59 Å². The first-order chi connectivity index (χ1) is 13.6. The molecule has 0 bridgehead atoms. The summed E-state index contributed by atoms with van der Waals surface area (Å²) in [5.41, 5.74) is 3.41. The Labute approximate surface area is 164 Å². The second-order valence-corrected chi connectivity index (χ2v) is 7.39. The molecule has 28 heavy (non-hydrogen) atoms. The van der Waals surface area contributed by atoms with Crippen LogP contribution in [-0.2, 0) is 13.1 Å². The first-order valence-corrected chi connectivity index (χ1v) is 9.65. The summed E-state index contributed by atoms with van der Waals surface area (Å²) in [5.74, 6) is 0.253. The van der Waals surface area contributed by atoms with Crippen LogP contribution in [0.2, 0.25) is 0 Å². The van der Waals surface area contributed by atoms with E-state index in [1.165, 1.54) is 12.8 Å². The van der Waals surface area contributed by atoms with Crippen LogP contribution >= 0.6 is 0 Å². The van der Waals surface area contributed by atoms with Gasteiger partial charge in [-0.25, -0.2) is 4.98 Å². The molecule has 2 aromatic heterocycles. The van der Waals surface area contributed by atoms with Gasteiger partial charge in [-0.3, -0.25) is 14.6 Å². The van der Waals surface area contributed by atoms with Gasteiger partial charge in [-0.1, -0.05) is 12.8 Å². The molecule has 2 amide bonds. The van der Waals surface area contributed by atoms with E-state index >= 15 is 0 Å². The standard InChI is InChI=1S/C21H24N4O3/c1-13-7-8-14(10-22-13)19(26)23-11-15-9-17-18(24-20(15)28-2)12-25(21(17)27)16-5-3-4-6-16/h7-10,16H,3-6,11-12H2,1-2H3,(H,23,26). The highest BCUT2D eigenvalue weighted by molar-refractivity contribution is 5.98. The van der Waals surface area contributed by atoms with Gasteiger partial charge in [0.1, 0.15) is 0 Å². The first kappa shape index (κ1) is 18.4. The van der Waals surface area contributed by atoms with Crippen molar-refractivity contribution < 1.29 is 14.3 Å². The fraction of sp³-hybridized carbons (Fsp3) is 0.429. The van der Waals surface area contributed by atoms with Crippen LogP contribution in [0, 0.1) is 6.92 Å². The summed E-state index contributed by atoms with van der Waals surface area (Å²) in [6.45, 7) is 2.64. The van der Waals surface area contributed by atoms with Gasteiger partial charge in [0.2, 0.25) is 5.88 Å². The third-order valence-corrected chi connectivity index (χ3v) is 5.52. The molecule has 7 heteroatoms. The number of hydrogen-bond donors (Lipinski definition) is 1. The number of carbonyl (C=O) groups excluding carboxylic acids is 2. The second kappa shape index (κ2) is 7.58. The Morgan fingerprint density at radius 3 is 2.79 bits per heavy atom. The number of methoxy groups -OCH3 is 1. The Balaban J connectivity index is 1.51. The van der Waals surface area contributed by atoms with Crippen molar-refractivity contribution in [2.75, 3.05) is 7.11 Å². The Kier molecular flexibility index (Phi) is 4.98. The van der Waals surface area contributed by atoms with Crippen molar-refractivity contribution in [3.63, 3.8) is 0 Å². The molecule has 0 saturated heterocycles. The zero-order valence-electron chi connectivity index (χ0n) is 16.2. The molecule has 1 aliphatic carbocycles. The second-order valence-electron chi connectivity index (χ2n) is 7.39. The first-order valence-electron chi connectivity index (χ1n) is 9.65. The van der Waals surface area contributed by atoms with E-state index in [0.29, 0.717) is 35.2 Å². The molecule has 7 nitrogen and oxygen atoms in total. The number of aromatic nitrogens is 2. The van der Waals surface area contributed by atoms with E-state index < -0.39 is 0 Å². The number of amides is 2. The van der Waals surface area contributed by atoms with E-state index in [1.807, 2.05) is 17.9 Å². The normalized spacial score (nSPS) is 16.4. The number of rotatable bonds is 5. The van der Waals surface area contributed by atoms with Crippen molar-refractivity contribution in [3.05, 3.63) is 52.5 Å². The Bertz CT molecular complexity index is 905. The van der Waals surface area contributed by atoms with Crippen molar-refractivity contribution in [2.45, 2.75) is 51.7 Å². The lowest BCUT2D eigenvalue weighted by Crippen LogP contribution is -2.33. The number of ether oxygens (including phenoxy) is 1. The zero-order chi connectivity index (χ0) is 19.7. The van der Waals surface area contributed by atoms with E-state index in [4.69, 9.17) is 4.74 Å². The lowest BCUT2D eigenvalue weighted by Gasteiger charge is -2.22. The van der Waals surface area contributed by atoms with Gasteiger partial charge >= 0.3 is 0 Å². The maximum Gasteiger partial charge on any atom is 0.256 e. The SMILES string of the molecule is COc1nc2c(cc1CNC(=O)c1ccc(C)nc1)C(=O)N(C1CCCC1)C2. The van der Waals surface area contributed by atoms with Crippen molar-refractivity contribution in [1.29, 1.82) is 0 Å². The van der Waals surface area contributed by atoms with Gasteiger partial charge in [0.25, 0.3) is 11.8 Å². The summed E-state index contributed by atoms with van der Waals surface area (Å²) in [4.78, 5) is 35.9. The van der Waals surface area contributed by atoms with Gasteiger partial charge in [-0.05, 0) is 38.0 Å². The highest BCUT2D eigenvalue weighted by atomic mass is 16.5. The molecular formula is C21H24N4O3. The van der Waals surface area contributed by atoms with Crippen molar-refractivity contribution in [2.24, 2.45) is 0 Å². The molecule has 2 aromatic rings. The van der Waals surface area contributed by atoms with Gasteiger partial charge in [0, 0.05) is 30.0 Å². The molecule has 1 aliphatic heterocycles. The summed E-state index contributed by atoms with van der Waals surface area (Å²) in [6.07, 6.45) is 6.01. The van der Waals surface area contributed by atoms with Crippen LogP contribution in [0.25, 0.3) is 0 Å². The average molecular weight is 380 g/mol. The van der Waals surface area contributed by atoms with Crippen LogP contribution < -0.4 is 10.1 Å². The topological polar surface area (TPSA) is 84.4 Å². The van der Waals surface area contributed by atoms with Gasteiger partial charge in [-0.15, -0.1) is 0 Å². The van der Waals surface area contributed by atoms with Crippen LogP contribution in [0.3, 0.4) is 0 Å². The largest absolute Gasteiger partial charge is 0.481 e. The monoisotopic (exact) mass is 380 g/mol. The minimum atomic E-state index is -0.228. The maximum atomic E-state index is 12.9. The highest BCUT2D eigenvalue weighted by Gasteiger charge is 2.35. The number of fused-ring (bicyclic) bond motifs is 1. The van der Waals surface area contributed by atoms with Crippen molar-refractivity contribution >= 4 is 11.8 Å². The van der Waals surface area contributed by atoms with Crippen LogP contribution in [0.1, 0.15) is 63.4 Å². The molecule has 1 saturated carbocycles. The molecular weight excluding hydrogens is 356 g/mol. The molecule has 3 heterocycles. The van der Waals surface area contributed by atoms with E-state index in [2.05, 4.69) is 15.3 Å². The summed E-state index contributed by atoms with van der Waals surface area (Å²) in [6, 6.07) is 5.65. The summed E-state index contributed by atoms with van der Waals surface area (Å²) in [5, 5.41) is 2.86. The van der Waals surface area contributed by atoms with E-state index in [1.54, 1.807) is 25.4 Å². The Morgan fingerprint density at radius 1 is 1.32 bits per heavy atom. The van der Waals surface area contributed by atoms with Crippen LogP contribution in [0.15, 0.2) is 24.4 Å². The number of aryl methyl sites for hydroxylation is 1. The molecule has 1 fully saturated rings. The number of pyridine rings is 2. The fourth-order valence-corrected chi connectivity index (χ4v) is 3.96. The highest BCUT2D eigenvalue weighted by Crippen LogP contribution is 2.33. The molecule has 0 radical (unpaired) electrons. The zero-order valence-corrected chi connectivity index (χ0v) is 16.2. The van der Waals surface area contributed by atoms with Crippen molar-refractivity contribution in [1.82, 2.24) is 20.2 Å². The molecule has 146 valence electrons. The lowest BCUT2D eigenvalue weighted by atomic mass is 10.1. The smallest absolute Gasteiger partial charge is 0.256 e. The molecule has 0 atom stereocenters. The minimum Gasteiger partial charge on any atom is -0.481 e. The Morgan fingerprint density at radius 2 is 2.11 bits per heavy atom. The number of nitrogens with one attached hydrogen (secondary N) is 1. The van der Waals surface area contributed by atoms with Gasteiger partial charge in [0.15, 0.2) is 0 Å².